The van der Waals surface area contributed by atoms with E-state index in [1.807, 2.05) is 7.05 Å². The molecule has 1 aliphatic heterocycles. The first kappa shape index (κ1) is 13.6. The third-order valence-corrected chi connectivity index (χ3v) is 4.65. The van der Waals surface area contributed by atoms with Gasteiger partial charge in [-0.25, -0.2) is 4.98 Å². The highest BCUT2D eigenvalue weighted by atomic mass is 32.1. The molecule has 0 saturated carbocycles. The molecule has 0 aromatic carbocycles. The number of nitrogens with one attached hydrogen (secondary N) is 1. The molecule has 20 heavy (non-hydrogen) atoms. The highest BCUT2D eigenvalue weighted by Crippen LogP contribution is 2.30. The molecule has 108 valence electrons. The van der Waals surface area contributed by atoms with Crippen LogP contribution in [-0.4, -0.2) is 54.6 Å². The molecular weight excluding hydrogens is 270 g/mol. The van der Waals surface area contributed by atoms with Gasteiger partial charge >= 0.3 is 0 Å². The van der Waals surface area contributed by atoms with E-state index < -0.39 is 0 Å². The highest BCUT2D eigenvalue weighted by molar-refractivity contribution is 7.16. The molecule has 1 atom stereocenters. The maximum Gasteiger partial charge on any atom is 0.225 e. The molecule has 1 N–H and O–H groups in total. The van der Waals surface area contributed by atoms with Gasteiger partial charge in [-0.3, -0.25) is 0 Å². The van der Waals surface area contributed by atoms with Crippen molar-refractivity contribution in [3.05, 3.63) is 11.4 Å². The molecule has 3 heterocycles. The maximum absolute atomic E-state index is 4.72. The zero-order valence-corrected chi connectivity index (χ0v) is 13.1. The first-order valence-electron chi connectivity index (χ1n) is 7.07. The zero-order valence-electron chi connectivity index (χ0n) is 12.3. The number of hydrogen-bond acceptors (Lipinski definition) is 6. The molecule has 6 heteroatoms. The third-order valence-electron chi connectivity index (χ3n) is 3.85. The number of nitrogens with zero attached hydrogens (tertiary/aromatic N) is 4. The molecule has 3 rings (SSSR count). The SMILES string of the molecule is CNc1nc(N2CCCN(C)CC2C)c2ccsc2n1. The van der Waals surface area contributed by atoms with Gasteiger partial charge in [0.1, 0.15) is 10.6 Å². The monoisotopic (exact) mass is 291 g/mol. The van der Waals surface area contributed by atoms with Crippen LogP contribution in [0, 0.1) is 0 Å². The number of fused-ring (bicyclic) bond motifs is 1. The fraction of sp³-hybridized carbons (Fsp3) is 0.571. The predicted octanol–water partition coefficient (Wildman–Crippen LogP) is 2.26. The van der Waals surface area contributed by atoms with Gasteiger partial charge in [-0.1, -0.05) is 0 Å². The van der Waals surface area contributed by atoms with Crippen molar-refractivity contribution in [2.75, 3.05) is 43.9 Å². The summed E-state index contributed by atoms with van der Waals surface area (Å²) in [5, 5.41) is 6.34. The zero-order chi connectivity index (χ0) is 14.1. The highest BCUT2D eigenvalue weighted by Gasteiger charge is 2.23. The smallest absolute Gasteiger partial charge is 0.225 e. The summed E-state index contributed by atoms with van der Waals surface area (Å²) in [6.45, 7) is 5.56. The summed E-state index contributed by atoms with van der Waals surface area (Å²) in [6, 6.07) is 2.60. The molecule has 0 spiro atoms. The first-order valence-corrected chi connectivity index (χ1v) is 7.95. The fourth-order valence-corrected chi connectivity index (χ4v) is 3.62. The van der Waals surface area contributed by atoms with Gasteiger partial charge in [-0.15, -0.1) is 11.3 Å². The van der Waals surface area contributed by atoms with Crippen LogP contribution in [0.25, 0.3) is 10.2 Å². The van der Waals surface area contributed by atoms with Gasteiger partial charge in [-0.05, 0) is 38.4 Å². The van der Waals surface area contributed by atoms with E-state index in [4.69, 9.17) is 4.98 Å². The van der Waals surface area contributed by atoms with E-state index in [0.717, 1.165) is 30.3 Å². The number of aromatic nitrogens is 2. The molecule has 2 aromatic rings. The van der Waals surface area contributed by atoms with E-state index in [9.17, 15) is 0 Å². The standard InChI is InChI=1S/C14H21N5S/c1-10-9-18(3)6-4-7-19(10)12-11-5-8-20-13(11)17-14(15-2)16-12/h5,8,10H,4,6-7,9H2,1-3H3,(H,15,16,17). The average Bonchev–Trinajstić information content (AvgIpc) is 2.84. The Kier molecular flexibility index (Phi) is 3.76. The van der Waals surface area contributed by atoms with Crippen molar-refractivity contribution in [2.45, 2.75) is 19.4 Å². The molecule has 2 aromatic heterocycles. The Bertz CT molecular complexity index is 596. The Morgan fingerprint density at radius 2 is 2.20 bits per heavy atom. The van der Waals surface area contributed by atoms with E-state index in [1.54, 1.807) is 11.3 Å². The van der Waals surface area contributed by atoms with Gasteiger partial charge in [0.05, 0.1) is 5.39 Å². The van der Waals surface area contributed by atoms with Gasteiger partial charge in [0.15, 0.2) is 0 Å². The number of thiophene rings is 1. The summed E-state index contributed by atoms with van der Waals surface area (Å²) in [7, 11) is 4.07. The van der Waals surface area contributed by atoms with Crippen LogP contribution in [0.1, 0.15) is 13.3 Å². The summed E-state index contributed by atoms with van der Waals surface area (Å²) in [5.41, 5.74) is 0. The average molecular weight is 291 g/mol. The van der Waals surface area contributed by atoms with Crippen molar-refractivity contribution in [2.24, 2.45) is 0 Å². The van der Waals surface area contributed by atoms with Crippen molar-refractivity contribution >= 4 is 33.3 Å². The van der Waals surface area contributed by atoms with E-state index in [1.165, 1.54) is 11.8 Å². The summed E-state index contributed by atoms with van der Waals surface area (Å²) < 4.78 is 0. The van der Waals surface area contributed by atoms with Crippen LogP contribution in [0.2, 0.25) is 0 Å². The van der Waals surface area contributed by atoms with Gasteiger partial charge in [0.2, 0.25) is 5.95 Å². The summed E-state index contributed by atoms with van der Waals surface area (Å²) in [6.07, 6.45) is 1.17. The van der Waals surface area contributed by atoms with Crippen molar-refractivity contribution < 1.29 is 0 Å². The minimum atomic E-state index is 0.463. The number of hydrogen-bond donors (Lipinski definition) is 1. The van der Waals surface area contributed by atoms with E-state index in [-0.39, 0.29) is 0 Å². The third kappa shape index (κ3) is 2.45. The molecule has 1 unspecified atom stereocenters. The van der Waals surface area contributed by atoms with E-state index in [0.29, 0.717) is 12.0 Å². The van der Waals surface area contributed by atoms with Gasteiger partial charge in [0, 0.05) is 26.2 Å². The Morgan fingerprint density at radius 1 is 1.35 bits per heavy atom. The molecule has 5 nitrogen and oxygen atoms in total. The van der Waals surface area contributed by atoms with E-state index >= 15 is 0 Å². The topological polar surface area (TPSA) is 44.3 Å². The Morgan fingerprint density at radius 3 is 3.00 bits per heavy atom. The fourth-order valence-electron chi connectivity index (χ4n) is 2.86. The van der Waals surface area contributed by atoms with Crippen molar-refractivity contribution in [3.8, 4) is 0 Å². The largest absolute Gasteiger partial charge is 0.357 e. The van der Waals surface area contributed by atoms with E-state index in [2.05, 4.69) is 45.5 Å². The first-order chi connectivity index (χ1) is 9.69. The maximum atomic E-state index is 4.72. The number of rotatable bonds is 2. The predicted molar refractivity (Wildman–Crippen MR) is 85.9 cm³/mol. The van der Waals surface area contributed by atoms with Crippen LogP contribution < -0.4 is 10.2 Å². The molecule has 0 bridgehead atoms. The van der Waals surface area contributed by atoms with Gasteiger partial charge < -0.3 is 15.1 Å². The minimum absolute atomic E-state index is 0.463. The molecular formula is C14H21N5S. The molecule has 1 saturated heterocycles. The van der Waals surface area contributed by atoms with Gasteiger partial charge in [0.25, 0.3) is 0 Å². The molecule has 1 fully saturated rings. The van der Waals surface area contributed by atoms with Crippen LogP contribution in [0.4, 0.5) is 11.8 Å². The van der Waals surface area contributed by atoms with Crippen LogP contribution >= 0.6 is 11.3 Å². The Hall–Kier alpha value is -1.40. The second-order valence-electron chi connectivity index (χ2n) is 5.42. The van der Waals surface area contributed by atoms with Crippen molar-refractivity contribution in [1.82, 2.24) is 14.9 Å². The quantitative estimate of drug-likeness (QED) is 0.919. The summed E-state index contributed by atoms with van der Waals surface area (Å²) in [4.78, 5) is 15.1. The second kappa shape index (κ2) is 5.54. The second-order valence-corrected chi connectivity index (χ2v) is 6.31. The lowest BCUT2D eigenvalue weighted by Crippen LogP contribution is -2.38. The van der Waals surface area contributed by atoms with Crippen LogP contribution in [0.5, 0.6) is 0 Å². The molecule has 0 aliphatic carbocycles. The summed E-state index contributed by atoms with van der Waals surface area (Å²) >= 11 is 1.67. The summed E-state index contributed by atoms with van der Waals surface area (Å²) in [5.74, 6) is 1.78. The van der Waals surface area contributed by atoms with Crippen LogP contribution in [0.15, 0.2) is 11.4 Å². The lowest BCUT2D eigenvalue weighted by molar-refractivity contribution is 0.337. The number of likely N-dealkylation sites (N-methyl/N-ethyl adjacent to an activating group) is 1. The number of anilines is 2. The Balaban J connectivity index is 2.05. The molecule has 0 amide bonds. The minimum Gasteiger partial charge on any atom is -0.357 e. The Labute approximate surface area is 123 Å². The van der Waals surface area contributed by atoms with Crippen LogP contribution in [-0.2, 0) is 0 Å². The van der Waals surface area contributed by atoms with Crippen LogP contribution in [0.3, 0.4) is 0 Å². The lowest BCUT2D eigenvalue weighted by Gasteiger charge is -2.29. The molecule has 1 aliphatic rings. The normalized spacial score (nSPS) is 21.1. The van der Waals surface area contributed by atoms with Gasteiger partial charge in [-0.2, -0.15) is 4.98 Å². The van der Waals surface area contributed by atoms with Crippen molar-refractivity contribution in [3.63, 3.8) is 0 Å². The lowest BCUT2D eigenvalue weighted by atomic mass is 10.2. The molecule has 0 radical (unpaired) electrons. The van der Waals surface area contributed by atoms with Crippen molar-refractivity contribution in [1.29, 1.82) is 0 Å².